The molecule has 0 amide bonds. The Morgan fingerprint density at radius 3 is 2.62 bits per heavy atom. The lowest BCUT2D eigenvalue weighted by molar-refractivity contribution is -0.385. The molecule has 0 bridgehead atoms. The van der Waals surface area contributed by atoms with Gasteiger partial charge in [0.1, 0.15) is 5.56 Å². The number of nitrogens with zero attached hydrogens (tertiary/aromatic N) is 3. The highest BCUT2D eigenvalue weighted by Gasteiger charge is 2.23. The van der Waals surface area contributed by atoms with Gasteiger partial charge in [0.2, 0.25) is 0 Å². The second kappa shape index (κ2) is 6.09. The molecule has 0 aliphatic heterocycles. The molecule has 0 fully saturated rings. The van der Waals surface area contributed by atoms with Crippen LogP contribution in [0.5, 0.6) is 0 Å². The molecule has 2 aromatic carbocycles. The van der Waals surface area contributed by atoms with E-state index in [1.807, 2.05) is 0 Å². The third kappa shape index (κ3) is 2.70. The zero-order chi connectivity index (χ0) is 17.3. The molecule has 24 heavy (non-hydrogen) atoms. The minimum atomic E-state index is -0.787. The monoisotopic (exact) mass is 327 g/mol. The summed E-state index contributed by atoms with van der Waals surface area (Å²) in [5.74, 6) is -0.787. The van der Waals surface area contributed by atoms with Gasteiger partial charge in [0.25, 0.3) is 5.69 Å². The molecule has 0 saturated heterocycles. The van der Waals surface area contributed by atoms with E-state index in [0.29, 0.717) is 10.9 Å². The van der Waals surface area contributed by atoms with Crippen molar-refractivity contribution in [3.63, 3.8) is 0 Å². The van der Waals surface area contributed by atoms with Crippen molar-refractivity contribution in [3.05, 3.63) is 63.8 Å². The maximum absolute atomic E-state index is 11.7. The number of benzene rings is 2. The predicted octanol–water partition coefficient (Wildman–Crippen LogP) is 2.21. The fourth-order valence-electron chi connectivity index (χ4n) is 2.37. The molecule has 3 rings (SSSR count). The Labute approximate surface area is 136 Å². The lowest BCUT2D eigenvalue weighted by Crippen LogP contribution is -2.05. The quantitative estimate of drug-likeness (QED) is 0.447. The number of carbonyl (C=O) groups excluding carboxylic acids is 1. The first-order valence-corrected chi connectivity index (χ1v) is 7.00. The first kappa shape index (κ1) is 15.6. The molecule has 0 spiro atoms. The minimum Gasteiger partial charge on any atom is -0.465 e. The van der Waals surface area contributed by atoms with E-state index in [0.717, 1.165) is 18.4 Å². The van der Waals surface area contributed by atoms with Crippen molar-refractivity contribution in [2.24, 2.45) is 0 Å². The number of methoxy groups -OCH3 is 1. The van der Waals surface area contributed by atoms with Crippen molar-refractivity contribution >= 4 is 22.6 Å². The average molecular weight is 327 g/mol. The molecule has 3 aromatic rings. The zero-order valence-electron chi connectivity index (χ0n) is 12.7. The number of fused-ring (bicyclic) bond motifs is 1. The second-order valence-electron chi connectivity index (χ2n) is 5.08. The third-order valence-electron chi connectivity index (χ3n) is 3.61. The van der Waals surface area contributed by atoms with Gasteiger partial charge in [-0.25, -0.2) is 9.48 Å². The highest BCUT2D eigenvalue weighted by molar-refractivity contribution is 5.99. The number of nitro groups is 1. The molecular formula is C16H13N3O5. The number of aliphatic hydroxyl groups is 1. The molecule has 0 aliphatic rings. The summed E-state index contributed by atoms with van der Waals surface area (Å²) in [7, 11) is 1.16. The molecule has 0 saturated carbocycles. The van der Waals surface area contributed by atoms with Crippen molar-refractivity contribution in [2.45, 2.75) is 6.61 Å². The number of nitro benzene ring substituents is 1. The number of rotatable bonds is 4. The summed E-state index contributed by atoms with van der Waals surface area (Å²) in [4.78, 5) is 22.3. The Hall–Kier alpha value is -3.26. The first-order chi connectivity index (χ1) is 11.5. The van der Waals surface area contributed by atoms with Crippen LogP contribution in [-0.2, 0) is 11.3 Å². The normalized spacial score (nSPS) is 10.8. The molecule has 0 aliphatic carbocycles. The van der Waals surface area contributed by atoms with Crippen molar-refractivity contribution in [1.29, 1.82) is 0 Å². The lowest BCUT2D eigenvalue weighted by atomic mass is 10.1. The van der Waals surface area contributed by atoms with Gasteiger partial charge in [0, 0.05) is 17.6 Å². The van der Waals surface area contributed by atoms with Crippen LogP contribution in [0.2, 0.25) is 0 Å². The number of hydrogen-bond acceptors (Lipinski definition) is 6. The van der Waals surface area contributed by atoms with E-state index in [1.54, 1.807) is 35.1 Å². The molecule has 0 atom stereocenters. The Morgan fingerprint density at radius 1 is 1.33 bits per heavy atom. The van der Waals surface area contributed by atoms with Crippen molar-refractivity contribution in [1.82, 2.24) is 9.78 Å². The number of aromatic nitrogens is 2. The van der Waals surface area contributed by atoms with Crippen molar-refractivity contribution < 1.29 is 19.6 Å². The summed E-state index contributed by atoms with van der Waals surface area (Å²) in [5.41, 5.74) is 1.46. The molecule has 1 aromatic heterocycles. The van der Waals surface area contributed by atoms with E-state index < -0.39 is 10.9 Å². The summed E-state index contributed by atoms with van der Waals surface area (Å²) in [6, 6.07) is 9.69. The first-order valence-electron chi connectivity index (χ1n) is 7.00. The number of hydrogen-bond donors (Lipinski definition) is 1. The number of esters is 1. The third-order valence-corrected chi connectivity index (χ3v) is 3.61. The molecule has 0 radical (unpaired) electrons. The van der Waals surface area contributed by atoms with Crippen LogP contribution in [0.4, 0.5) is 5.69 Å². The van der Waals surface area contributed by atoms with E-state index in [1.165, 1.54) is 12.1 Å². The SMILES string of the molecule is COC(=O)c1cc2nn(-c3ccc(CO)cc3)cc2cc1[N+](=O)[O-]. The topological polar surface area (TPSA) is 107 Å². The summed E-state index contributed by atoms with van der Waals surface area (Å²) in [6.07, 6.45) is 1.64. The van der Waals surface area contributed by atoms with Gasteiger partial charge >= 0.3 is 5.97 Å². The molecule has 122 valence electrons. The van der Waals surface area contributed by atoms with Crippen molar-refractivity contribution in [2.75, 3.05) is 7.11 Å². The van der Waals surface area contributed by atoms with Gasteiger partial charge in [0.05, 0.1) is 29.8 Å². The van der Waals surface area contributed by atoms with Gasteiger partial charge in [-0.15, -0.1) is 0 Å². The van der Waals surface area contributed by atoms with Crippen molar-refractivity contribution in [3.8, 4) is 5.69 Å². The van der Waals surface area contributed by atoms with Crippen LogP contribution in [-0.4, -0.2) is 32.9 Å². The molecule has 0 unspecified atom stereocenters. The van der Waals surface area contributed by atoms with E-state index in [2.05, 4.69) is 9.84 Å². The summed E-state index contributed by atoms with van der Waals surface area (Å²) in [5, 5.41) is 25.1. The molecule has 1 heterocycles. The largest absolute Gasteiger partial charge is 0.465 e. The van der Waals surface area contributed by atoms with E-state index in [-0.39, 0.29) is 17.9 Å². The van der Waals surface area contributed by atoms with Crippen LogP contribution >= 0.6 is 0 Å². The molecule has 8 nitrogen and oxygen atoms in total. The lowest BCUT2D eigenvalue weighted by Gasteiger charge is -2.01. The highest BCUT2D eigenvalue weighted by Crippen LogP contribution is 2.27. The van der Waals surface area contributed by atoms with E-state index >= 15 is 0 Å². The summed E-state index contributed by atoms with van der Waals surface area (Å²) in [6.45, 7) is -0.0595. The zero-order valence-corrected chi connectivity index (χ0v) is 12.7. The molecular weight excluding hydrogens is 314 g/mol. The van der Waals surface area contributed by atoms with Gasteiger partial charge in [-0.05, 0) is 23.8 Å². The van der Waals surface area contributed by atoms with Gasteiger partial charge < -0.3 is 9.84 Å². The Morgan fingerprint density at radius 2 is 2.04 bits per heavy atom. The number of ether oxygens (including phenoxy) is 1. The Bertz CT molecular complexity index is 931. The molecule has 8 heteroatoms. The van der Waals surface area contributed by atoms with E-state index in [9.17, 15) is 14.9 Å². The fourth-order valence-corrected chi connectivity index (χ4v) is 2.37. The van der Waals surface area contributed by atoms with Crippen LogP contribution in [0.15, 0.2) is 42.6 Å². The maximum Gasteiger partial charge on any atom is 0.344 e. The predicted molar refractivity (Wildman–Crippen MR) is 85.0 cm³/mol. The maximum atomic E-state index is 11.7. The average Bonchev–Trinajstić information content (AvgIpc) is 3.02. The van der Waals surface area contributed by atoms with E-state index in [4.69, 9.17) is 5.11 Å². The standard InChI is InChI=1S/C16H13N3O5/c1-24-16(21)13-7-14-11(6-15(13)19(22)23)8-18(17-14)12-4-2-10(9-20)3-5-12/h2-8,20H,9H2,1H3. The van der Waals surface area contributed by atoms with Crippen LogP contribution in [0.3, 0.4) is 0 Å². The van der Waals surface area contributed by atoms with Gasteiger partial charge in [0.15, 0.2) is 0 Å². The van der Waals surface area contributed by atoms with Crippen LogP contribution in [0, 0.1) is 10.1 Å². The van der Waals surface area contributed by atoms with Gasteiger partial charge in [-0.2, -0.15) is 5.10 Å². The fraction of sp³-hybridized carbons (Fsp3) is 0.125. The second-order valence-corrected chi connectivity index (χ2v) is 5.08. The van der Waals surface area contributed by atoms with Gasteiger partial charge in [-0.3, -0.25) is 10.1 Å². The number of carbonyl (C=O) groups is 1. The summed E-state index contributed by atoms with van der Waals surface area (Å²) < 4.78 is 6.14. The Kier molecular flexibility index (Phi) is 3.97. The molecule has 1 N–H and O–H groups in total. The number of aliphatic hydroxyl groups excluding tert-OH is 1. The highest BCUT2D eigenvalue weighted by atomic mass is 16.6. The summed E-state index contributed by atoms with van der Waals surface area (Å²) >= 11 is 0. The van der Waals surface area contributed by atoms with Crippen LogP contribution < -0.4 is 0 Å². The van der Waals surface area contributed by atoms with Crippen LogP contribution in [0.25, 0.3) is 16.6 Å². The minimum absolute atomic E-state index is 0.0595. The smallest absolute Gasteiger partial charge is 0.344 e. The Balaban J connectivity index is 2.13. The van der Waals surface area contributed by atoms with Gasteiger partial charge in [-0.1, -0.05) is 12.1 Å². The van der Waals surface area contributed by atoms with Crippen LogP contribution in [0.1, 0.15) is 15.9 Å².